The maximum Gasteiger partial charge on any atom is 0.288 e. The highest BCUT2D eigenvalue weighted by Gasteiger charge is 2.29. The normalized spacial score (nSPS) is 18.9. The van der Waals surface area contributed by atoms with Crippen molar-refractivity contribution in [3.63, 3.8) is 0 Å². The van der Waals surface area contributed by atoms with Crippen molar-refractivity contribution in [3.8, 4) is 0 Å². The van der Waals surface area contributed by atoms with Crippen LogP contribution in [0.5, 0.6) is 0 Å². The lowest BCUT2D eigenvalue weighted by Crippen LogP contribution is -2.57. The number of amides is 1. The van der Waals surface area contributed by atoms with E-state index in [1.807, 2.05) is 4.90 Å². The number of nitrogens with zero attached hydrogens (tertiary/aromatic N) is 2. The maximum atomic E-state index is 11.5. The first-order chi connectivity index (χ1) is 9.41. The molecule has 1 amide bonds. The minimum Gasteiger partial charge on any atom is -0.368 e. The van der Waals surface area contributed by atoms with Crippen LogP contribution < -0.4 is 16.0 Å². The zero-order valence-electron chi connectivity index (χ0n) is 10.9. The molecule has 1 aliphatic rings. The van der Waals surface area contributed by atoms with Crippen molar-refractivity contribution >= 4 is 28.9 Å². The number of nitro groups is 1. The SMILES string of the molecule is Cc1cc([N+](=O)[O-])c(Cl)cc1N1CCNCC1C(N)=O. The number of nitrogens with one attached hydrogen (secondary N) is 1. The van der Waals surface area contributed by atoms with Gasteiger partial charge < -0.3 is 16.0 Å². The van der Waals surface area contributed by atoms with E-state index in [9.17, 15) is 14.9 Å². The second-order valence-corrected chi connectivity index (χ2v) is 5.07. The monoisotopic (exact) mass is 298 g/mol. The van der Waals surface area contributed by atoms with Crippen molar-refractivity contribution in [1.29, 1.82) is 0 Å². The summed E-state index contributed by atoms with van der Waals surface area (Å²) in [6.07, 6.45) is 0. The molecule has 108 valence electrons. The average molecular weight is 299 g/mol. The van der Waals surface area contributed by atoms with E-state index in [2.05, 4.69) is 5.32 Å². The van der Waals surface area contributed by atoms with Crippen molar-refractivity contribution in [2.75, 3.05) is 24.5 Å². The second kappa shape index (κ2) is 5.64. The molecule has 0 radical (unpaired) electrons. The second-order valence-electron chi connectivity index (χ2n) is 4.66. The number of primary amides is 1. The number of halogens is 1. The van der Waals surface area contributed by atoms with Gasteiger partial charge in [-0.05, 0) is 18.6 Å². The summed E-state index contributed by atoms with van der Waals surface area (Å²) >= 11 is 5.94. The number of nitrogens with two attached hydrogens (primary N) is 1. The topological polar surface area (TPSA) is 102 Å². The van der Waals surface area contributed by atoms with E-state index < -0.39 is 16.9 Å². The summed E-state index contributed by atoms with van der Waals surface area (Å²) in [5.41, 5.74) is 6.65. The van der Waals surface area contributed by atoms with Crippen molar-refractivity contribution in [3.05, 3.63) is 32.8 Å². The predicted molar refractivity (Wildman–Crippen MR) is 76.0 cm³/mol. The van der Waals surface area contributed by atoms with Gasteiger partial charge in [0, 0.05) is 31.4 Å². The largest absolute Gasteiger partial charge is 0.368 e. The highest BCUT2D eigenvalue weighted by Crippen LogP contribution is 2.33. The summed E-state index contributed by atoms with van der Waals surface area (Å²) in [5, 5.41) is 14.0. The molecule has 1 saturated heterocycles. The summed E-state index contributed by atoms with van der Waals surface area (Å²) in [6.45, 7) is 3.49. The molecule has 8 heteroatoms. The molecular weight excluding hydrogens is 284 g/mol. The first-order valence-electron chi connectivity index (χ1n) is 6.13. The molecular formula is C12H15ClN4O3. The molecule has 1 aromatic carbocycles. The third-order valence-electron chi connectivity index (χ3n) is 3.34. The quantitative estimate of drug-likeness (QED) is 0.635. The van der Waals surface area contributed by atoms with Gasteiger partial charge in [0.05, 0.1) is 4.92 Å². The first-order valence-corrected chi connectivity index (χ1v) is 6.51. The highest BCUT2D eigenvalue weighted by molar-refractivity contribution is 6.33. The summed E-state index contributed by atoms with van der Waals surface area (Å²) < 4.78 is 0. The van der Waals surface area contributed by atoms with Crippen LogP contribution in [0.1, 0.15) is 5.56 Å². The van der Waals surface area contributed by atoms with Crippen molar-refractivity contribution < 1.29 is 9.72 Å². The summed E-state index contributed by atoms with van der Waals surface area (Å²) in [6, 6.07) is 2.45. The van der Waals surface area contributed by atoms with Gasteiger partial charge in [0.1, 0.15) is 11.1 Å². The zero-order valence-corrected chi connectivity index (χ0v) is 11.7. The van der Waals surface area contributed by atoms with Crippen LogP contribution >= 0.6 is 11.6 Å². The summed E-state index contributed by atoms with van der Waals surface area (Å²) in [7, 11) is 0. The molecule has 1 atom stereocenters. The number of piperazine rings is 1. The third kappa shape index (κ3) is 2.68. The minimum atomic E-state index is -0.525. The van der Waals surface area contributed by atoms with E-state index in [-0.39, 0.29) is 10.7 Å². The van der Waals surface area contributed by atoms with Crippen LogP contribution in [0, 0.1) is 17.0 Å². The molecule has 1 fully saturated rings. The molecule has 1 aliphatic heterocycles. The maximum absolute atomic E-state index is 11.5. The van der Waals surface area contributed by atoms with E-state index >= 15 is 0 Å². The third-order valence-corrected chi connectivity index (χ3v) is 3.65. The number of carbonyl (C=O) groups is 1. The smallest absolute Gasteiger partial charge is 0.288 e. The first kappa shape index (κ1) is 14.5. The van der Waals surface area contributed by atoms with Crippen LogP contribution in [-0.2, 0) is 4.79 Å². The van der Waals surface area contributed by atoms with Gasteiger partial charge in [-0.15, -0.1) is 0 Å². The average Bonchev–Trinajstić information content (AvgIpc) is 2.40. The van der Waals surface area contributed by atoms with Gasteiger partial charge >= 0.3 is 0 Å². The number of aryl methyl sites for hydroxylation is 1. The van der Waals surface area contributed by atoms with Crippen LogP contribution in [0.2, 0.25) is 5.02 Å². The lowest BCUT2D eigenvalue weighted by molar-refractivity contribution is -0.384. The predicted octanol–water partition coefficient (Wildman–Crippen LogP) is 0.820. The van der Waals surface area contributed by atoms with Gasteiger partial charge in [0.25, 0.3) is 5.69 Å². The number of carbonyl (C=O) groups excluding carboxylic acids is 1. The van der Waals surface area contributed by atoms with Crippen molar-refractivity contribution in [1.82, 2.24) is 5.32 Å². The lowest BCUT2D eigenvalue weighted by Gasteiger charge is -2.36. The number of hydrogen-bond donors (Lipinski definition) is 2. The van der Waals surface area contributed by atoms with E-state index in [0.29, 0.717) is 30.9 Å². The van der Waals surface area contributed by atoms with Gasteiger partial charge in [-0.3, -0.25) is 14.9 Å². The Labute approximate surface area is 120 Å². The Morgan fingerprint density at radius 1 is 1.60 bits per heavy atom. The van der Waals surface area contributed by atoms with E-state index in [1.54, 1.807) is 6.92 Å². The van der Waals surface area contributed by atoms with Crippen LogP contribution in [0.15, 0.2) is 12.1 Å². The number of benzene rings is 1. The van der Waals surface area contributed by atoms with Gasteiger partial charge in [-0.1, -0.05) is 11.6 Å². The van der Waals surface area contributed by atoms with Crippen LogP contribution in [-0.4, -0.2) is 36.5 Å². The van der Waals surface area contributed by atoms with E-state index in [0.717, 1.165) is 0 Å². The fourth-order valence-corrected chi connectivity index (χ4v) is 2.58. The molecule has 1 heterocycles. The molecule has 2 rings (SSSR count). The summed E-state index contributed by atoms with van der Waals surface area (Å²) in [4.78, 5) is 23.7. The molecule has 7 nitrogen and oxygen atoms in total. The van der Waals surface area contributed by atoms with Crippen LogP contribution in [0.25, 0.3) is 0 Å². The van der Waals surface area contributed by atoms with E-state index in [4.69, 9.17) is 17.3 Å². The molecule has 20 heavy (non-hydrogen) atoms. The Bertz CT molecular complexity index is 564. The van der Waals surface area contributed by atoms with Crippen LogP contribution in [0.4, 0.5) is 11.4 Å². The highest BCUT2D eigenvalue weighted by atomic mass is 35.5. The number of anilines is 1. The number of rotatable bonds is 3. The fraction of sp³-hybridized carbons (Fsp3) is 0.417. The fourth-order valence-electron chi connectivity index (χ4n) is 2.35. The Morgan fingerprint density at radius 3 is 2.90 bits per heavy atom. The van der Waals surface area contributed by atoms with Gasteiger partial charge in [-0.2, -0.15) is 0 Å². The lowest BCUT2D eigenvalue weighted by atomic mass is 10.1. The van der Waals surface area contributed by atoms with Crippen molar-refractivity contribution in [2.24, 2.45) is 5.73 Å². The molecule has 1 aromatic rings. The molecule has 0 aliphatic carbocycles. The molecule has 0 saturated carbocycles. The number of nitro benzene ring substituents is 1. The van der Waals surface area contributed by atoms with Crippen LogP contribution in [0.3, 0.4) is 0 Å². The Balaban J connectivity index is 2.43. The Kier molecular flexibility index (Phi) is 4.10. The molecule has 1 unspecified atom stereocenters. The minimum absolute atomic E-state index is 0.0531. The molecule has 0 bridgehead atoms. The van der Waals surface area contributed by atoms with Gasteiger partial charge in [-0.25, -0.2) is 0 Å². The Morgan fingerprint density at radius 2 is 2.30 bits per heavy atom. The zero-order chi connectivity index (χ0) is 14.9. The summed E-state index contributed by atoms with van der Waals surface area (Å²) in [5.74, 6) is -0.439. The van der Waals surface area contributed by atoms with Gasteiger partial charge in [0.15, 0.2) is 0 Å². The number of hydrogen-bond acceptors (Lipinski definition) is 5. The molecule has 0 spiro atoms. The van der Waals surface area contributed by atoms with E-state index in [1.165, 1.54) is 12.1 Å². The standard InChI is InChI=1S/C12H15ClN4O3/c1-7-4-10(17(19)20)8(13)5-9(7)16-3-2-15-6-11(16)12(14)18/h4-5,11,15H,2-3,6H2,1H3,(H2,14,18). The van der Waals surface area contributed by atoms with Gasteiger partial charge in [0.2, 0.25) is 5.91 Å². The molecule has 3 N–H and O–H groups in total. The van der Waals surface area contributed by atoms with Crippen molar-refractivity contribution in [2.45, 2.75) is 13.0 Å². The molecule has 0 aromatic heterocycles. The Hall–Kier alpha value is -1.86.